The minimum absolute atomic E-state index is 0.214. The second-order valence-electron chi connectivity index (χ2n) is 9.95. The summed E-state index contributed by atoms with van der Waals surface area (Å²) in [5, 5.41) is 15.2. The van der Waals surface area contributed by atoms with Crippen molar-refractivity contribution in [2.45, 2.75) is 25.8 Å². The number of morpholine rings is 1. The van der Waals surface area contributed by atoms with Gasteiger partial charge in [0.25, 0.3) is 0 Å². The molecule has 0 unspecified atom stereocenters. The van der Waals surface area contributed by atoms with Gasteiger partial charge in [-0.25, -0.2) is 4.98 Å². The van der Waals surface area contributed by atoms with Crippen molar-refractivity contribution in [1.29, 1.82) is 0 Å². The third-order valence-electron chi connectivity index (χ3n) is 7.33. The molecule has 1 aliphatic carbocycles. The van der Waals surface area contributed by atoms with E-state index in [1.165, 1.54) is 11.3 Å². The molecule has 10 heteroatoms. The van der Waals surface area contributed by atoms with E-state index in [1.54, 1.807) is 7.11 Å². The first-order valence-corrected chi connectivity index (χ1v) is 14.0. The molecule has 2 heterocycles. The number of hydrogen-bond acceptors (Lipinski definition) is 8. The number of benzene rings is 2. The first-order chi connectivity index (χ1) is 19.0. The van der Waals surface area contributed by atoms with Crippen LogP contribution in [0.25, 0.3) is 11.3 Å². The van der Waals surface area contributed by atoms with Crippen molar-refractivity contribution in [3.05, 3.63) is 64.0 Å². The number of nitrogens with one attached hydrogen (secondary N) is 1. The molecule has 1 aromatic heterocycles. The zero-order valence-electron chi connectivity index (χ0n) is 22.0. The molecule has 9 nitrogen and oxygen atoms in total. The van der Waals surface area contributed by atoms with E-state index in [1.807, 2.05) is 47.8 Å². The number of amides is 1. The monoisotopic (exact) mass is 551 g/mol. The molecule has 0 atom stereocenters. The Morgan fingerprint density at radius 2 is 1.90 bits per heavy atom. The van der Waals surface area contributed by atoms with Crippen LogP contribution in [-0.2, 0) is 33.7 Å². The molecule has 5 rings (SSSR count). The quantitative estimate of drug-likeness (QED) is 0.373. The Hall–Kier alpha value is -3.47. The second-order valence-corrected chi connectivity index (χ2v) is 10.9. The SMILES string of the molecule is COc1cc(OCCN2CCOCC2)ccc1-c1csc(CNC(=O)C2(CC(=O)O)Cc3ccccc3C2)n1. The number of ether oxygens (including phenoxy) is 3. The Labute approximate surface area is 231 Å². The lowest BCUT2D eigenvalue weighted by molar-refractivity contribution is -0.145. The summed E-state index contributed by atoms with van der Waals surface area (Å²) >= 11 is 1.44. The highest BCUT2D eigenvalue weighted by Gasteiger charge is 2.45. The predicted octanol–water partition coefficient (Wildman–Crippen LogP) is 3.41. The molecular weight excluding hydrogens is 518 g/mol. The maximum atomic E-state index is 13.3. The number of hydrogen-bond donors (Lipinski definition) is 2. The summed E-state index contributed by atoms with van der Waals surface area (Å²) < 4.78 is 17.0. The van der Waals surface area contributed by atoms with Gasteiger partial charge >= 0.3 is 5.97 Å². The van der Waals surface area contributed by atoms with Crippen molar-refractivity contribution in [3.63, 3.8) is 0 Å². The number of fused-ring (bicyclic) bond motifs is 1. The molecule has 0 radical (unpaired) electrons. The van der Waals surface area contributed by atoms with Crippen LogP contribution in [-0.4, -0.2) is 73.4 Å². The second kappa shape index (κ2) is 12.1. The van der Waals surface area contributed by atoms with E-state index < -0.39 is 11.4 Å². The summed E-state index contributed by atoms with van der Waals surface area (Å²) in [4.78, 5) is 32.0. The topological polar surface area (TPSA) is 110 Å². The van der Waals surface area contributed by atoms with Gasteiger partial charge in [0, 0.05) is 36.6 Å². The first-order valence-electron chi connectivity index (χ1n) is 13.1. The van der Waals surface area contributed by atoms with Gasteiger partial charge in [-0.1, -0.05) is 24.3 Å². The van der Waals surface area contributed by atoms with E-state index in [0.29, 0.717) is 25.2 Å². The fourth-order valence-electron chi connectivity index (χ4n) is 5.30. The van der Waals surface area contributed by atoms with Crippen LogP contribution in [0.1, 0.15) is 22.6 Å². The summed E-state index contributed by atoms with van der Waals surface area (Å²) in [6.07, 6.45) is 0.625. The molecule has 2 N–H and O–H groups in total. The van der Waals surface area contributed by atoms with Crippen molar-refractivity contribution in [2.75, 3.05) is 46.6 Å². The van der Waals surface area contributed by atoms with E-state index >= 15 is 0 Å². The van der Waals surface area contributed by atoms with Gasteiger partial charge in [0.05, 0.1) is 44.4 Å². The van der Waals surface area contributed by atoms with Crippen LogP contribution in [0.5, 0.6) is 11.5 Å². The summed E-state index contributed by atoms with van der Waals surface area (Å²) in [5.74, 6) is 0.154. The number of thiazole rings is 1. The number of methoxy groups -OCH3 is 1. The number of carbonyl (C=O) groups is 2. The van der Waals surface area contributed by atoms with Crippen molar-refractivity contribution >= 4 is 23.2 Å². The van der Waals surface area contributed by atoms with Gasteiger partial charge in [-0.05, 0) is 36.1 Å². The summed E-state index contributed by atoms with van der Waals surface area (Å²) in [7, 11) is 1.62. The number of carbonyl (C=O) groups excluding carboxylic acids is 1. The molecule has 0 spiro atoms. The summed E-state index contributed by atoms with van der Waals surface area (Å²) in [5.41, 5.74) is 2.66. The highest BCUT2D eigenvalue weighted by Crippen LogP contribution is 2.40. The molecule has 206 valence electrons. The Morgan fingerprint density at radius 3 is 2.59 bits per heavy atom. The van der Waals surface area contributed by atoms with Crippen LogP contribution >= 0.6 is 11.3 Å². The number of carboxylic acids is 1. The van der Waals surface area contributed by atoms with E-state index in [4.69, 9.17) is 19.2 Å². The maximum absolute atomic E-state index is 13.3. The Kier molecular flexibility index (Phi) is 8.44. The number of carboxylic acid groups (broad SMARTS) is 1. The average Bonchev–Trinajstić information content (AvgIpc) is 3.57. The van der Waals surface area contributed by atoms with Gasteiger partial charge < -0.3 is 24.6 Å². The van der Waals surface area contributed by atoms with E-state index in [-0.39, 0.29) is 18.9 Å². The van der Waals surface area contributed by atoms with Gasteiger partial charge in [-0.3, -0.25) is 14.5 Å². The van der Waals surface area contributed by atoms with Crippen LogP contribution in [0.4, 0.5) is 0 Å². The zero-order chi connectivity index (χ0) is 27.2. The lowest BCUT2D eigenvalue weighted by atomic mass is 9.80. The largest absolute Gasteiger partial charge is 0.496 e. The molecule has 1 saturated heterocycles. The Balaban J connectivity index is 1.21. The molecular formula is C29H33N3O6S. The highest BCUT2D eigenvalue weighted by atomic mass is 32.1. The molecule has 1 fully saturated rings. The number of rotatable bonds is 11. The van der Waals surface area contributed by atoms with Crippen LogP contribution in [0.15, 0.2) is 47.8 Å². The molecule has 39 heavy (non-hydrogen) atoms. The van der Waals surface area contributed by atoms with Gasteiger partial charge in [-0.2, -0.15) is 0 Å². The lowest BCUT2D eigenvalue weighted by Crippen LogP contribution is -2.43. The van der Waals surface area contributed by atoms with Gasteiger partial charge in [0.2, 0.25) is 5.91 Å². The average molecular weight is 552 g/mol. The molecule has 0 saturated carbocycles. The van der Waals surface area contributed by atoms with Crippen molar-refractivity contribution < 1.29 is 28.9 Å². The van der Waals surface area contributed by atoms with Crippen LogP contribution in [0.2, 0.25) is 0 Å². The predicted molar refractivity (Wildman–Crippen MR) is 147 cm³/mol. The van der Waals surface area contributed by atoms with Crippen molar-refractivity contribution in [3.8, 4) is 22.8 Å². The Bertz CT molecular complexity index is 1290. The van der Waals surface area contributed by atoms with Crippen LogP contribution < -0.4 is 14.8 Å². The van der Waals surface area contributed by atoms with E-state index in [0.717, 1.165) is 66.0 Å². The minimum Gasteiger partial charge on any atom is -0.496 e. The van der Waals surface area contributed by atoms with Gasteiger partial charge in [-0.15, -0.1) is 11.3 Å². The Morgan fingerprint density at radius 1 is 1.15 bits per heavy atom. The fraction of sp³-hybridized carbons (Fsp3) is 0.414. The van der Waals surface area contributed by atoms with Gasteiger partial charge in [0.1, 0.15) is 23.1 Å². The standard InChI is InChI=1S/C29H33N3O6S/c1-36-25-14-22(38-13-10-32-8-11-37-12-9-32)6-7-23(25)24-19-39-26(31-24)18-30-28(35)29(17-27(33)34)15-20-4-2-3-5-21(20)16-29/h2-7,14,19H,8-13,15-18H2,1H3,(H,30,35)(H,33,34). The van der Waals surface area contributed by atoms with Crippen molar-refractivity contribution in [1.82, 2.24) is 15.2 Å². The molecule has 0 bridgehead atoms. The maximum Gasteiger partial charge on any atom is 0.304 e. The molecule has 1 aliphatic heterocycles. The van der Waals surface area contributed by atoms with Crippen LogP contribution in [0.3, 0.4) is 0 Å². The normalized spacial score (nSPS) is 16.4. The zero-order valence-corrected chi connectivity index (χ0v) is 22.8. The first kappa shape index (κ1) is 27.1. The summed E-state index contributed by atoms with van der Waals surface area (Å²) in [6.45, 7) is 5.02. The smallest absolute Gasteiger partial charge is 0.304 e. The third kappa shape index (κ3) is 6.41. The van der Waals surface area contributed by atoms with Crippen molar-refractivity contribution in [2.24, 2.45) is 5.41 Å². The fourth-order valence-corrected chi connectivity index (χ4v) is 6.03. The molecule has 3 aromatic rings. The lowest BCUT2D eigenvalue weighted by Gasteiger charge is -2.26. The highest BCUT2D eigenvalue weighted by molar-refractivity contribution is 7.09. The minimum atomic E-state index is -0.990. The molecule has 2 aliphatic rings. The molecule has 2 aromatic carbocycles. The number of nitrogens with zero attached hydrogens (tertiary/aromatic N) is 2. The van der Waals surface area contributed by atoms with E-state index in [2.05, 4.69) is 10.2 Å². The van der Waals surface area contributed by atoms with Crippen LogP contribution in [0, 0.1) is 5.41 Å². The number of aromatic nitrogens is 1. The van der Waals surface area contributed by atoms with E-state index in [9.17, 15) is 14.7 Å². The summed E-state index contributed by atoms with van der Waals surface area (Å²) in [6, 6.07) is 13.5. The molecule has 1 amide bonds. The number of aliphatic carboxylic acids is 1. The third-order valence-corrected chi connectivity index (χ3v) is 8.18. The van der Waals surface area contributed by atoms with Gasteiger partial charge in [0.15, 0.2) is 0 Å².